The Balaban J connectivity index is 1.94. The largest absolute Gasteiger partial charge is 0.383 e. The molecule has 0 N–H and O–H groups in total. The summed E-state index contributed by atoms with van der Waals surface area (Å²) in [4.78, 5) is 18.6. The Hall–Kier alpha value is -3.30. The minimum absolute atomic E-state index is 0.0246. The van der Waals surface area contributed by atoms with Gasteiger partial charge in [-0.1, -0.05) is 48.5 Å². The summed E-state index contributed by atoms with van der Waals surface area (Å²) in [6.07, 6.45) is 2.96. The van der Waals surface area contributed by atoms with Crippen molar-refractivity contribution in [2.45, 2.75) is 24.0 Å². The molecule has 0 saturated carbocycles. The third kappa shape index (κ3) is 5.94. The number of nitrogens with zero attached hydrogens (tertiary/aromatic N) is 3. The predicted octanol–water partition coefficient (Wildman–Crippen LogP) is 3.47. The molecule has 3 aromatic rings. The molecule has 9 heteroatoms. The van der Waals surface area contributed by atoms with Crippen molar-refractivity contribution < 1.29 is 22.3 Å². The Bertz CT molecular complexity index is 1210. The summed E-state index contributed by atoms with van der Waals surface area (Å²) in [5.41, 5.74) is 1.06. The van der Waals surface area contributed by atoms with Crippen LogP contribution in [0.25, 0.3) is 0 Å². The fourth-order valence-electron chi connectivity index (χ4n) is 3.42. The van der Waals surface area contributed by atoms with Crippen molar-refractivity contribution in [2.75, 3.05) is 20.3 Å². The van der Waals surface area contributed by atoms with Gasteiger partial charge in [0.15, 0.2) is 0 Å². The van der Waals surface area contributed by atoms with E-state index in [1.54, 1.807) is 30.3 Å². The molecule has 0 spiro atoms. The quantitative estimate of drug-likeness (QED) is 0.400. The summed E-state index contributed by atoms with van der Waals surface area (Å²) in [7, 11) is -2.25. The molecular formula is C24H26FN3O4S. The second-order valence-electron chi connectivity index (χ2n) is 7.38. The smallest absolute Gasteiger partial charge is 0.257 e. The van der Waals surface area contributed by atoms with Gasteiger partial charge in [-0.3, -0.25) is 4.79 Å². The molecule has 174 valence electrons. The molecule has 1 aromatic heterocycles. The lowest BCUT2D eigenvalue weighted by Crippen LogP contribution is -2.32. The number of methoxy groups -OCH3 is 1. The number of rotatable bonds is 11. The van der Waals surface area contributed by atoms with E-state index in [-0.39, 0.29) is 42.7 Å². The van der Waals surface area contributed by atoms with Gasteiger partial charge in [-0.2, -0.15) is 0 Å². The number of sulfone groups is 1. The number of carbonyl (C=O) groups is 1. The predicted molar refractivity (Wildman–Crippen MR) is 123 cm³/mol. The molecule has 0 unspecified atom stereocenters. The molecule has 1 heterocycles. The van der Waals surface area contributed by atoms with Gasteiger partial charge in [0.2, 0.25) is 15.0 Å². The maximum atomic E-state index is 14.2. The van der Waals surface area contributed by atoms with E-state index >= 15 is 0 Å². The van der Waals surface area contributed by atoms with Crippen LogP contribution in [0.1, 0.15) is 21.6 Å². The summed E-state index contributed by atoms with van der Waals surface area (Å²) < 4.78 is 47.2. The summed E-state index contributed by atoms with van der Waals surface area (Å²) >= 11 is 0. The molecule has 0 atom stereocenters. The van der Waals surface area contributed by atoms with E-state index in [0.717, 1.165) is 0 Å². The summed E-state index contributed by atoms with van der Waals surface area (Å²) in [5.74, 6) is -1.36. The van der Waals surface area contributed by atoms with Crippen molar-refractivity contribution in [2.24, 2.45) is 0 Å². The van der Waals surface area contributed by atoms with Crippen molar-refractivity contribution in [3.63, 3.8) is 0 Å². The average Bonchev–Trinajstić information content (AvgIpc) is 3.21. The van der Waals surface area contributed by atoms with Gasteiger partial charge in [0.1, 0.15) is 5.82 Å². The van der Waals surface area contributed by atoms with Crippen LogP contribution in [0.15, 0.2) is 78.6 Å². The van der Waals surface area contributed by atoms with Gasteiger partial charge < -0.3 is 14.2 Å². The Morgan fingerprint density at radius 3 is 2.55 bits per heavy atom. The van der Waals surface area contributed by atoms with E-state index < -0.39 is 21.6 Å². The minimum Gasteiger partial charge on any atom is -0.383 e. The number of hydrogen-bond acceptors (Lipinski definition) is 5. The zero-order valence-corrected chi connectivity index (χ0v) is 19.2. The third-order valence-corrected chi connectivity index (χ3v) is 6.59. The Labute approximate surface area is 193 Å². The van der Waals surface area contributed by atoms with E-state index in [1.807, 2.05) is 6.07 Å². The van der Waals surface area contributed by atoms with Crippen LogP contribution >= 0.6 is 0 Å². The zero-order chi connectivity index (χ0) is 23.8. The Morgan fingerprint density at radius 1 is 1.18 bits per heavy atom. The van der Waals surface area contributed by atoms with Gasteiger partial charge >= 0.3 is 0 Å². The normalized spacial score (nSPS) is 11.3. The van der Waals surface area contributed by atoms with Gasteiger partial charge in [0.25, 0.3) is 5.91 Å². The number of carbonyl (C=O) groups excluding carboxylic acids is 1. The van der Waals surface area contributed by atoms with E-state index in [1.165, 1.54) is 47.0 Å². The molecule has 0 aliphatic rings. The van der Waals surface area contributed by atoms with Crippen LogP contribution in [0.5, 0.6) is 0 Å². The van der Waals surface area contributed by atoms with Crippen LogP contribution in [-0.4, -0.2) is 49.0 Å². The maximum absolute atomic E-state index is 14.2. The van der Waals surface area contributed by atoms with Crippen LogP contribution in [0, 0.1) is 5.82 Å². The molecular weight excluding hydrogens is 445 g/mol. The van der Waals surface area contributed by atoms with Crippen LogP contribution in [0.2, 0.25) is 0 Å². The molecule has 0 radical (unpaired) electrons. The van der Waals surface area contributed by atoms with Crippen molar-refractivity contribution in [1.29, 1.82) is 0 Å². The summed E-state index contributed by atoms with van der Waals surface area (Å²) in [5, 5.41) is -0.102. The van der Waals surface area contributed by atoms with E-state index in [9.17, 15) is 17.6 Å². The second-order valence-corrected chi connectivity index (χ2v) is 9.26. The van der Waals surface area contributed by atoms with Gasteiger partial charge in [-0.15, -0.1) is 6.58 Å². The monoisotopic (exact) mass is 471 g/mol. The fraction of sp³-hybridized carbons (Fsp3) is 0.250. The number of benzene rings is 2. The summed E-state index contributed by atoms with van der Waals surface area (Å²) in [6.45, 7) is 4.33. The highest BCUT2D eigenvalue weighted by Crippen LogP contribution is 2.20. The number of halogens is 1. The van der Waals surface area contributed by atoms with E-state index in [2.05, 4.69) is 11.6 Å². The lowest BCUT2D eigenvalue weighted by Gasteiger charge is -2.22. The van der Waals surface area contributed by atoms with Crippen LogP contribution in [0.3, 0.4) is 0 Å². The van der Waals surface area contributed by atoms with Crippen molar-refractivity contribution in [3.8, 4) is 0 Å². The molecule has 3 rings (SSSR count). The lowest BCUT2D eigenvalue weighted by molar-refractivity contribution is 0.0753. The van der Waals surface area contributed by atoms with Crippen molar-refractivity contribution in [3.05, 3.63) is 96.1 Å². The topological polar surface area (TPSA) is 81.5 Å². The van der Waals surface area contributed by atoms with Crippen LogP contribution in [-0.2, 0) is 33.4 Å². The van der Waals surface area contributed by atoms with Crippen molar-refractivity contribution >= 4 is 15.7 Å². The van der Waals surface area contributed by atoms with Crippen molar-refractivity contribution in [1.82, 2.24) is 14.5 Å². The lowest BCUT2D eigenvalue weighted by atomic mass is 10.2. The minimum atomic E-state index is -3.77. The first kappa shape index (κ1) is 24.3. The number of imidazole rings is 1. The molecule has 7 nitrogen and oxygen atoms in total. The number of aromatic nitrogens is 2. The Kier molecular flexibility index (Phi) is 8.13. The number of hydrogen-bond donors (Lipinski definition) is 0. The molecule has 0 bridgehead atoms. The fourth-order valence-corrected chi connectivity index (χ4v) is 4.94. The van der Waals surface area contributed by atoms with Gasteiger partial charge in [-0.25, -0.2) is 17.8 Å². The highest BCUT2D eigenvalue weighted by atomic mass is 32.2. The first-order chi connectivity index (χ1) is 15.9. The van der Waals surface area contributed by atoms with E-state index in [0.29, 0.717) is 11.3 Å². The third-order valence-electron chi connectivity index (χ3n) is 4.99. The highest BCUT2D eigenvalue weighted by molar-refractivity contribution is 7.90. The van der Waals surface area contributed by atoms with Gasteiger partial charge in [-0.05, 0) is 17.7 Å². The Morgan fingerprint density at radius 2 is 1.88 bits per heavy atom. The highest BCUT2D eigenvalue weighted by Gasteiger charge is 2.26. The van der Waals surface area contributed by atoms with E-state index in [4.69, 9.17) is 4.74 Å². The molecule has 0 saturated heterocycles. The first-order valence-corrected chi connectivity index (χ1v) is 12.0. The molecule has 0 aliphatic carbocycles. The SMILES string of the molecule is C=CCN(Cc1cnc(S(=O)(=O)Cc2ccccc2)n1CCOC)C(=O)c1ccccc1F. The standard InChI is InChI=1S/C24H26FN3O4S/c1-3-13-27(23(29)21-11-7-8-12-22(21)25)17-20-16-26-24(28(20)14-15-32-2)33(30,31)18-19-9-5-4-6-10-19/h3-12,16H,1,13-15,17-18H2,2H3. The first-order valence-electron chi connectivity index (χ1n) is 10.3. The van der Waals surface area contributed by atoms with Crippen LogP contribution in [0.4, 0.5) is 4.39 Å². The number of ether oxygens (including phenoxy) is 1. The molecule has 1 amide bonds. The molecule has 33 heavy (non-hydrogen) atoms. The molecule has 2 aromatic carbocycles. The maximum Gasteiger partial charge on any atom is 0.257 e. The van der Waals surface area contributed by atoms with Crippen LogP contribution < -0.4 is 0 Å². The molecule has 0 fully saturated rings. The van der Waals surface area contributed by atoms with Gasteiger partial charge in [0, 0.05) is 20.2 Å². The molecule has 0 aliphatic heterocycles. The zero-order valence-electron chi connectivity index (χ0n) is 18.4. The number of amides is 1. The summed E-state index contributed by atoms with van der Waals surface area (Å²) in [6, 6.07) is 14.5. The average molecular weight is 472 g/mol. The van der Waals surface area contributed by atoms with Gasteiger partial charge in [0.05, 0.1) is 36.4 Å². The second kappa shape index (κ2) is 11.0.